The normalized spacial score (nSPS) is 22.8. The number of amides is 1. The molecular formula is C19H27N5O2. The van der Waals surface area contributed by atoms with Gasteiger partial charge in [-0.1, -0.05) is 6.92 Å². The van der Waals surface area contributed by atoms with Crippen molar-refractivity contribution in [1.82, 2.24) is 24.6 Å². The number of oxazole rings is 1. The molecule has 0 unspecified atom stereocenters. The molecule has 140 valence electrons. The molecule has 7 nitrogen and oxygen atoms in total. The van der Waals surface area contributed by atoms with Gasteiger partial charge in [-0.2, -0.15) is 5.10 Å². The van der Waals surface area contributed by atoms with Gasteiger partial charge in [0.2, 0.25) is 0 Å². The number of nitrogens with zero attached hydrogens (tertiary/aromatic N) is 5. The Morgan fingerprint density at radius 2 is 2.19 bits per heavy atom. The largest absolute Gasteiger partial charge is 0.437 e. The first-order chi connectivity index (χ1) is 12.4. The fourth-order valence-electron chi connectivity index (χ4n) is 4.01. The van der Waals surface area contributed by atoms with Gasteiger partial charge in [0.25, 0.3) is 5.89 Å². The maximum absolute atomic E-state index is 12.7. The van der Waals surface area contributed by atoms with Crippen molar-refractivity contribution < 1.29 is 9.21 Å². The molecule has 2 aromatic rings. The molecule has 1 fully saturated rings. The molecule has 3 heterocycles. The van der Waals surface area contributed by atoms with Crippen LogP contribution < -0.4 is 0 Å². The van der Waals surface area contributed by atoms with Gasteiger partial charge in [0.15, 0.2) is 0 Å². The van der Waals surface area contributed by atoms with Crippen LogP contribution in [0.25, 0.3) is 0 Å². The van der Waals surface area contributed by atoms with Crippen molar-refractivity contribution >= 4 is 5.91 Å². The van der Waals surface area contributed by atoms with E-state index in [9.17, 15) is 4.79 Å². The second-order valence-electron chi connectivity index (χ2n) is 7.90. The summed E-state index contributed by atoms with van der Waals surface area (Å²) >= 11 is 0. The van der Waals surface area contributed by atoms with Crippen LogP contribution in [0.2, 0.25) is 0 Å². The average Bonchev–Trinajstić information content (AvgIpc) is 3.13. The molecule has 1 aliphatic heterocycles. The summed E-state index contributed by atoms with van der Waals surface area (Å²) in [6.45, 7) is 6.66. The monoisotopic (exact) mass is 357 g/mol. The summed E-state index contributed by atoms with van der Waals surface area (Å²) in [4.78, 5) is 21.3. The van der Waals surface area contributed by atoms with Crippen molar-refractivity contribution in [3.63, 3.8) is 0 Å². The van der Waals surface area contributed by atoms with Crippen LogP contribution in [-0.2, 0) is 26.6 Å². The highest BCUT2D eigenvalue weighted by molar-refractivity contribution is 5.89. The Balaban J connectivity index is 1.43. The highest BCUT2D eigenvalue weighted by atomic mass is 16.4. The van der Waals surface area contributed by atoms with Gasteiger partial charge in [-0.3, -0.25) is 14.4 Å². The molecule has 1 aliphatic carbocycles. The van der Waals surface area contributed by atoms with Gasteiger partial charge in [-0.05, 0) is 31.7 Å². The molecule has 7 heteroatoms. The Bertz CT molecular complexity index is 818. The number of aromatic nitrogens is 3. The highest BCUT2D eigenvalue weighted by Gasteiger charge is 2.34. The first-order valence-corrected chi connectivity index (χ1v) is 9.38. The minimum absolute atomic E-state index is 0.0925. The highest BCUT2D eigenvalue weighted by Crippen LogP contribution is 2.31. The molecule has 0 saturated heterocycles. The van der Waals surface area contributed by atoms with Gasteiger partial charge in [0.1, 0.15) is 5.76 Å². The molecule has 0 radical (unpaired) electrons. The van der Waals surface area contributed by atoms with Gasteiger partial charge in [0, 0.05) is 46.2 Å². The molecule has 0 aromatic carbocycles. The zero-order chi connectivity index (χ0) is 18.4. The Morgan fingerprint density at radius 1 is 1.42 bits per heavy atom. The molecule has 0 spiro atoms. The van der Waals surface area contributed by atoms with Gasteiger partial charge < -0.3 is 9.32 Å². The molecule has 1 amide bonds. The summed E-state index contributed by atoms with van der Waals surface area (Å²) in [5.74, 6) is 1.72. The Labute approximate surface area is 154 Å². The molecule has 0 bridgehead atoms. The zero-order valence-electron chi connectivity index (χ0n) is 16.0. The quantitative estimate of drug-likeness (QED) is 0.839. The Hall–Kier alpha value is -2.15. The van der Waals surface area contributed by atoms with Gasteiger partial charge in [-0.15, -0.1) is 0 Å². The number of carbonyl (C=O) groups excluding carboxylic acids is 1. The summed E-state index contributed by atoms with van der Waals surface area (Å²) < 4.78 is 7.74. The van der Waals surface area contributed by atoms with Crippen molar-refractivity contribution in [2.75, 3.05) is 13.6 Å². The van der Waals surface area contributed by atoms with Crippen molar-refractivity contribution in [1.29, 1.82) is 0 Å². The predicted molar refractivity (Wildman–Crippen MR) is 96.5 cm³/mol. The van der Waals surface area contributed by atoms with Gasteiger partial charge in [0.05, 0.1) is 17.1 Å². The lowest BCUT2D eigenvalue weighted by atomic mass is 9.81. The van der Waals surface area contributed by atoms with Crippen LogP contribution in [0.15, 0.2) is 10.5 Å². The van der Waals surface area contributed by atoms with Crippen LogP contribution in [-0.4, -0.2) is 50.1 Å². The molecule has 26 heavy (non-hydrogen) atoms. The molecule has 0 atom stereocenters. The summed E-state index contributed by atoms with van der Waals surface area (Å²) in [5.41, 5.74) is 3.11. The van der Waals surface area contributed by atoms with Crippen LogP contribution >= 0.6 is 0 Å². The van der Waals surface area contributed by atoms with Crippen LogP contribution in [0.3, 0.4) is 0 Å². The third-order valence-corrected chi connectivity index (χ3v) is 5.69. The lowest BCUT2D eigenvalue weighted by Crippen LogP contribution is -2.44. The lowest BCUT2D eigenvalue weighted by molar-refractivity contribution is 0.0531. The van der Waals surface area contributed by atoms with E-state index in [-0.39, 0.29) is 11.8 Å². The first-order valence-electron chi connectivity index (χ1n) is 9.38. The van der Waals surface area contributed by atoms with E-state index in [4.69, 9.17) is 4.42 Å². The van der Waals surface area contributed by atoms with Crippen molar-refractivity contribution in [2.24, 2.45) is 13.0 Å². The van der Waals surface area contributed by atoms with Gasteiger partial charge in [-0.25, -0.2) is 4.98 Å². The summed E-state index contributed by atoms with van der Waals surface area (Å²) in [6, 6.07) is 2.44. The Morgan fingerprint density at radius 3 is 2.85 bits per heavy atom. The number of carbonyl (C=O) groups is 1. The topological polar surface area (TPSA) is 67.4 Å². The van der Waals surface area contributed by atoms with Crippen LogP contribution in [0.1, 0.15) is 53.3 Å². The SMILES string of the molecule is Cc1cc(CN2CCc3oc(C(=O)N(C)C4CC(C)C4)nc3C2)n(C)n1. The third kappa shape index (κ3) is 3.16. The van der Waals surface area contributed by atoms with Crippen molar-refractivity contribution in [3.05, 3.63) is 34.8 Å². The summed E-state index contributed by atoms with van der Waals surface area (Å²) in [7, 11) is 3.83. The minimum atomic E-state index is -0.0925. The standard InChI is InChI=1S/C19H27N5O2/c1-12-7-14(8-12)22(3)19(25)18-20-16-11-24(6-5-17(16)26-18)10-15-9-13(2)21-23(15)4/h9,12,14H,5-8,10-11H2,1-4H3. The van der Waals surface area contributed by atoms with E-state index in [2.05, 4.69) is 28.0 Å². The molecule has 2 aromatic heterocycles. The second-order valence-corrected chi connectivity index (χ2v) is 7.90. The molecule has 0 N–H and O–H groups in total. The molecular weight excluding hydrogens is 330 g/mol. The van der Waals surface area contributed by atoms with E-state index < -0.39 is 0 Å². The van der Waals surface area contributed by atoms with Crippen molar-refractivity contribution in [2.45, 2.75) is 52.2 Å². The van der Waals surface area contributed by atoms with E-state index >= 15 is 0 Å². The summed E-state index contributed by atoms with van der Waals surface area (Å²) in [6.07, 6.45) is 2.93. The first kappa shape index (κ1) is 17.3. The van der Waals surface area contributed by atoms with Crippen LogP contribution in [0, 0.1) is 12.8 Å². The predicted octanol–water partition coefficient (Wildman–Crippen LogP) is 2.15. The summed E-state index contributed by atoms with van der Waals surface area (Å²) in [5, 5.41) is 4.41. The van der Waals surface area contributed by atoms with E-state index in [0.29, 0.717) is 18.5 Å². The van der Waals surface area contributed by atoms with E-state index in [1.54, 1.807) is 4.90 Å². The fraction of sp³-hybridized carbons (Fsp3) is 0.632. The number of rotatable bonds is 4. The lowest BCUT2D eigenvalue weighted by Gasteiger charge is -2.38. The maximum Gasteiger partial charge on any atom is 0.309 e. The molecule has 2 aliphatic rings. The number of fused-ring (bicyclic) bond motifs is 1. The molecule has 4 rings (SSSR count). The fourth-order valence-corrected chi connectivity index (χ4v) is 4.01. The van der Waals surface area contributed by atoms with E-state index in [0.717, 1.165) is 49.5 Å². The smallest absolute Gasteiger partial charge is 0.309 e. The Kier molecular flexibility index (Phi) is 4.34. The molecule has 1 saturated carbocycles. The average molecular weight is 357 g/mol. The zero-order valence-corrected chi connectivity index (χ0v) is 16.0. The van der Waals surface area contributed by atoms with E-state index in [1.807, 2.05) is 25.7 Å². The number of hydrogen-bond donors (Lipinski definition) is 0. The number of hydrogen-bond acceptors (Lipinski definition) is 5. The maximum atomic E-state index is 12.7. The second kappa shape index (κ2) is 6.54. The third-order valence-electron chi connectivity index (χ3n) is 5.69. The van der Waals surface area contributed by atoms with Gasteiger partial charge >= 0.3 is 5.91 Å². The van der Waals surface area contributed by atoms with E-state index in [1.165, 1.54) is 5.69 Å². The van der Waals surface area contributed by atoms with Crippen LogP contribution in [0.4, 0.5) is 0 Å². The van der Waals surface area contributed by atoms with Crippen LogP contribution in [0.5, 0.6) is 0 Å². The van der Waals surface area contributed by atoms with Crippen molar-refractivity contribution in [3.8, 4) is 0 Å². The minimum Gasteiger partial charge on any atom is -0.437 e. The number of aryl methyl sites for hydroxylation is 2.